The van der Waals surface area contributed by atoms with Crippen LogP contribution in [0.3, 0.4) is 0 Å². The zero-order valence-electron chi connectivity index (χ0n) is 7.76. The van der Waals surface area contributed by atoms with Gasteiger partial charge in [0.2, 0.25) is 7.41 Å². The van der Waals surface area contributed by atoms with Crippen molar-refractivity contribution < 1.29 is 0 Å². The molecule has 1 nitrogen and oxygen atoms in total. The predicted molar refractivity (Wildman–Crippen MR) is 57.8 cm³/mol. The Kier molecular flexibility index (Phi) is 8.30. The Morgan fingerprint density at radius 2 is 2.36 bits per heavy atom. The van der Waals surface area contributed by atoms with Gasteiger partial charge in [-0.15, -0.1) is 0 Å². The molecule has 0 aliphatic rings. The van der Waals surface area contributed by atoms with E-state index in [0.29, 0.717) is 5.82 Å². The molecule has 0 rings (SSSR count). The van der Waals surface area contributed by atoms with Gasteiger partial charge in [-0.2, -0.15) is 11.8 Å². The second kappa shape index (κ2) is 8.21. The minimum Gasteiger partial charge on any atom is -0.361 e. The lowest BCUT2D eigenvalue weighted by Gasteiger charge is -2.00. The maximum absolute atomic E-state index is 3.15. The highest BCUT2D eigenvalue weighted by Crippen LogP contribution is 2.03. The second-order valence-electron chi connectivity index (χ2n) is 2.74. The van der Waals surface area contributed by atoms with Crippen molar-refractivity contribution in [3.05, 3.63) is 12.2 Å². The van der Waals surface area contributed by atoms with E-state index in [4.69, 9.17) is 0 Å². The second-order valence-corrected chi connectivity index (χ2v) is 3.73. The third-order valence-corrected chi connectivity index (χ3v) is 2.12. The number of thioether (sulfide) groups is 1. The lowest BCUT2D eigenvalue weighted by molar-refractivity contribution is 1.09. The van der Waals surface area contributed by atoms with Gasteiger partial charge in [0.05, 0.1) is 0 Å². The molecule has 0 fully saturated rings. The van der Waals surface area contributed by atoms with Crippen molar-refractivity contribution in [1.82, 2.24) is 5.23 Å². The van der Waals surface area contributed by atoms with Crippen LogP contribution in [0.15, 0.2) is 12.2 Å². The highest BCUT2D eigenvalue weighted by Gasteiger charge is 1.94. The number of rotatable bonds is 6. The van der Waals surface area contributed by atoms with E-state index in [-0.39, 0.29) is 0 Å². The SMILES string of the molecule is CNBC(C)/C=C/CCSC. The Labute approximate surface area is 75.3 Å². The number of allylic oxidation sites excluding steroid dienone is 2. The molecule has 3 heteroatoms. The molecular formula is C8H18BNS. The van der Waals surface area contributed by atoms with E-state index < -0.39 is 0 Å². The Hall–Kier alpha value is 0.115. The Morgan fingerprint density at radius 1 is 1.64 bits per heavy atom. The molecule has 11 heavy (non-hydrogen) atoms. The van der Waals surface area contributed by atoms with Crippen molar-refractivity contribution in [3.8, 4) is 0 Å². The summed E-state index contributed by atoms with van der Waals surface area (Å²) in [5, 5.41) is 3.15. The van der Waals surface area contributed by atoms with Crippen LogP contribution in [0.5, 0.6) is 0 Å². The highest BCUT2D eigenvalue weighted by molar-refractivity contribution is 7.98. The predicted octanol–water partition coefficient (Wildman–Crippen LogP) is 1.68. The minimum atomic E-state index is 0.668. The van der Waals surface area contributed by atoms with Crippen LogP contribution >= 0.6 is 11.8 Å². The number of hydrogen-bond donors (Lipinski definition) is 1. The Morgan fingerprint density at radius 3 is 2.91 bits per heavy atom. The van der Waals surface area contributed by atoms with Crippen molar-refractivity contribution in [3.63, 3.8) is 0 Å². The van der Waals surface area contributed by atoms with E-state index in [1.807, 2.05) is 18.8 Å². The van der Waals surface area contributed by atoms with Crippen molar-refractivity contribution in [1.29, 1.82) is 0 Å². The Bertz CT molecular complexity index is 106. The van der Waals surface area contributed by atoms with Gasteiger partial charge >= 0.3 is 0 Å². The third kappa shape index (κ3) is 8.02. The molecular weight excluding hydrogens is 153 g/mol. The summed E-state index contributed by atoms with van der Waals surface area (Å²) in [6, 6.07) is 0. The molecule has 0 bridgehead atoms. The summed E-state index contributed by atoms with van der Waals surface area (Å²) in [5.41, 5.74) is 0. The maximum Gasteiger partial charge on any atom is 0.207 e. The summed E-state index contributed by atoms with van der Waals surface area (Å²) in [5.74, 6) is 1.91. The molecule has 0 aromatic heterocycles. The van der Waals surface area contributed by atoms with E-state index in [9.17, 15) is 0 Å². The molecule has 64 valence electrons. The minimum absolute atomic E-state index is 0.668. The van der Waals surface area contributed by atoms with Crippen molar-refractivity contribution >= 4 is 19.2 Å². The first-order chi connectivity index (χ1) is 5.31. The molecule has 0 aromatic rings. The fraction of sp³-hybridized carbons (Fsp3) is 0.750. The van der Waals surface area contributed by atoms with Crippen LogP contribution in [-0.2, 0) is 0 Å². The summed E-state index contributed by atoms with van der Waals surface area (Å²) in [6.45, 7) is 2.23. The van der Waals surface area contributed by atoms with Crippen molar-refractivity contribution in [2.45, 2.75) is 19.2 Å². The maximum atomic E-state index is 3.15. The van der Waals surface area contributed by atoms with Crippen LogP contribution in [0, 0.1) is 0 Å². The molecule has 0 radical (unpaired) electrons. The van der Waals surface area contributed by atoms with E-state index in [1.54, 1.807) is 0 Å². The first-order valence-corrected chi connectivity index (χ1v) is 5.50. The average molecular weight is 171 g/mol. The molecule has 1 N–H and O–H groups in total. The van der Waals surface area contributed by atoms with Gasteiger partial charge in [0.15, 0.2) is 0 Å². The summed E-state index contributed by atoms with van der Waals surface area (Å²) in [4.78, 5) is 0. The van der Waals surface area contributed by atoms with Gasteiger partial charge in [-0.1, -0.05) is 19.1 Å². The standard InChI is InChI=1S/C8H18BNS/c1-8(9-10-2)6-4-5-7-11-3/h4,6,8-10H,5,7H2,1-3H3/b6-4+. The first-order valence-electron chi connectivity index (χ1n) is 4.11. The van der Waals surface area contributed by atoms with Crippen LogP contribution in [0.1, 0.15) is 13.3 Å². The van der Waals surface area contributed by atoms with E-state index in [0.717, 1.165) is 7.41 Å². The highest BCUT2D eigenvalue weighted by atomic mass is 32.2. The van der Waals surface area contributed by atoms with Crippen LogP contribution in [0.2, 0.25) is 5.82 Å². The molecule has 0 heterocycles. The van der Waals surface area contributed by atoms with Crippen LogP contribution in [0.4, 0.5) is 0 Å². The molecule has 0 spiro atoms. The molecule has 0 aromatic carbocycles. The monoisotopic (exact) mass is 171 g/mol. The fourth-order valence-corrected chi connectivity index (χ4v) is 1.28. The molecule has 0 amide bonds. The normalized spacial score (nSPS) is 13.7. The Balaban J connectivity index is 3.24. The zero-order chi connectivity index (χ0) is 8.53. The molecule has 1 atom stereocenters. The van der Waals surface area contributed by atoms with Crippen LogP contribution in [-0.4, -0.2) is 26.5 Å². The quantitative estimate of drug-likeness (QED) is 0.370. The van der Waals surface area contributed by atoms with Gasteiger partial charge in [0.25, 0.3) is 0 Å². The molecule has 1 unspecified atom stereocenters. The van der Waals surface area contributed by atoms with Gasteiger partial charge in [0.1, 0.15) is 0 Å². The molecule has 0 aliphatic heterocycles. The van der Waals surface area contributed by atoms with Gasteiger partial charge in [0, 0.05) is 0 Å². The molecule has 0 saturated carbocycles. The molecule has 0 saturated heterocycles. The summed E-state index contributed by atoms with van der Waals surface area (Å²) >= 11 is 1.90. The van der Waals surface area contributed by atoms with Gasteiger partial charge in [-0.05, 0) is 31.3 Å². The average Bonchev–Trinajstić information content (AvgIpc) is 1.99. The van der Waals surface area contributed by atoms with Gasteiger partial charge < -0.3 is 5.23 Å². The lowest BCUT2D eigenvalue weighted by Crippen LogP contribution is -2.15. The van der Waals surface area contributed by atoms with E-state index >= 15 is 0 Å². The van der Waals surface area contributed by atoms with Gasteiger partial charge in [-0.25, -0.2) is 0 Å². The first kappa shape index (κ1) is 11.1. The van der Waals surface area contributed by atoms with E-state index in [1.165, 1.54) is 12.2 Å². The smallest absolute Gasteiger partial charge is 0.207 e. The summed E-state index contributed by atoms with van der Waals surface area (Å²) < 4.78 is 0. The summed E-state index contributed by atoms with van der Waals surface area (Å²) in [7, 11) is 3.07. The summed E-state index contributed by atoms with van der Waals surface area (Å²) in [6.07, 6.45) is 7.91. The van der Waals surface area contributed by atoms with Crippen molar-refractivity contribution in [2.75, 3.05) is 19.1 Å². The zero-order valence-corrected chi connectivity index (χ0v) is 8.58. The topological polar surface area (TPSA) is 12.0 Å². The third-order valence-electron chi connectivity index (χ3n) is 1.48. The van der Waals surface area contributed by atoms with Gasteiger partial charge in [-0.3, -0.25) is 0 Å². The van der Waals surface area contributed by atoms with Crippen molar-refractivity contribution in [2.24, 2.45) is 0 Å². The van der Waals surface area contributed by atoms with Crippen LogP contribution in [0.25, 0.3) is 0 Å². The fourth-order valence-electron chi connectivity index (χ4n) is 0.904. The van der Waals surface area contributed by atoms with Crippen LogP contribution < -0.4 is 5.23 Å². The lowest BCUT2D eigenvalue weighted by atomic mass is 9.77. The number of nitrogens with one attached hydrogen (secondary N) is 1. The number of hydrogen-bond acceptors (Lipinski definition) is 2. The molecule has 0 aliphatic carbocycles. The van der Waals surface area contributed by atoms with E-state index in [2.05, 4.69) is 30.6 Å². The largest absolute Gasteiger partial charge is 0.361 e.